The summed E-state index contributed by atoms with van der Waals surface area (Å²) in [6, 6.07) is 0. The molecule has 70 valence electrons. The van der Waals surface area contributed by atoms with Gasteiger partial charge in [0, 0.05) is 19.8 Å². The van der Waals surface area contributed by atoms with E-state index in [9.17, 15) is 0 Å². The summed E-state index contributed by atoms with van der Waals surface area (Å²) in [5.74, 6) is 0. The number of epoxide rings is 1. The standard InChI is InChI=1S/C5H9O.C4H7O.2Rf/c1-5(2)3-6-4-5;1-4(2)3-5-4;;/h1,3-4H2,2H3;1,3H2,2H3;;/q2*-1;;. The summed E-state index contributed by atoms with van der Waals surface area (Å²) in [6.07, 6.45) is 0. The zero-order valence-electron chi connectivity index (χ0n) is 8.77. The van der Waals surface area contributed by atoms with Crippen LogP contribution in [0.3, 0.4) is 0 Å². The van der Waals surface area contributed by atoms with Crippen LogP contribution >= 0.6 is 0 Å². The molecule has 1 atom stereocenters. The molecule has 2 saturated heterocycles. The van der Waals surface area contributed by atoms with Crippen LogP contribution in [-0.4, -0.2) is 25.4 Å². The van der Waals surface area contributed by atoms with Crippen LogP contribution in [0.25, 0.3) is 0 Å². The molecule has 0 aromatic heterocycles. The zero-order valence-corrected chi connectivity index (χ0v) is 21.6. The molecular weight excluding hydrogens is 674 g/mol. The van der Waals surface area contributed by atoms with Crippen LogP contribution in [0.2, 0.25) is 0 Å². The number of rotatable bonds is 0. The Bertz CT molecular complexity index is 135. The molecule has 0 radical (unpaired) electrons. The van der Waals surface area contributed by atoms with Gasteiger partial charge in [-0.1, -0.05) is 13.8 Å². The molecule has 0 aliphatic carbocycles. The van der Waals surface area contributed by atoms with Gasteiger partial charge in [-0.3, -0.25) is 0 Å². The van der Waals surface area contributed by atoms with Crippen molar-refractivity contribution in [2.24, 2.45) is 5.41 Å². The van der Waals surface area contributed by atoms with Crippen molar-refractivity contribution in [3.63, 3.8) is 0 Å². The van der Waals surface area contributed by atoms with E-state index in [0.29, 0.717) is 0 Å². The van der Waals surface area contributed by atoms with E-state index in [-0.39, 0.29) is 11.0 Å². The van der Waals surface area contributed by atoms with Crippen LogP contribution < -0.4 is 0 Å². The summed E-state index contributed by atoms with van der Waals surface area (Å²) < 4.78 is 9.66. The van der Waals surface area contributed by atoms with Crippen LogP contribution in [0, 0.1) is 19.3 Å². The van der Waals surface area contributed by atoms with E-state index in [1.807, 2.05) is 6.92 Å². The average molecular weight is 690 g/mol. The summed E-state index contributed by atoms with van der Waals surface area (Å²) in [7, 11) is 0. The SMILES string of the molecule is [CH2-]C1(C)CO1.[CH2-]C1(C)COC1.[Rf].[Rf]. The monoisotopic (exact) mass is 690 g/mol. The number of hydrogen-bond acceptors (Lipinski definition) is 2. The van der Waals surface area contributed by atoms with Crippen molar-refractivity contribution >= 4 is 0 Å². The van der Waals surface area contributed by atoms with Gasteiger partial charge >= 0.3 is 0 Å². The molecule has 0 N–H and O–H groups in total. The summed E-state index contributed by atoms with van der Waals surface area (Å²) in [4.78, 5) is 0. The third kappa shape index (κ3) is 5.22. The van der Waals surface area contributed by atoms with E-state index in [2.05, 4.69) is 20.8 Å². The minimum absolute atomic E-state index is 0. The van der Waals surface area contributed by atoms with Crippen molar-refractivity contribution in [1.82, 2.24) is 0 Å². The van der Waals surface area contributed by atoms with Gasteiger partial charge < -0.3 is 23.3 Å². The molecule has 4 heteroatoms. The van der Waals surface area contributed by atoms with E-state index < -0.39 is 0 Å². The number of hydrogen-bond donors (Lipinski definition) is 0. The van der Waals surface area contributed by atoms with Crippen LogP contribution in [0.1, 0.15) is 13.8 Å². The third-order valence-corrected chi connectivity index (χ3v) is 1.54. The molecule has 2 rings (SSSR count). The first-order valence-corrected chi connectivity index (χ1v) is 3.84. The normalized spacial score (nSPS) is 32.3. The second-order valence-electron chi connectivity index (χ2n) is 4.04. The third-order valence-electron chi connectivity index (χ3n) is 1.54. The van der Waals surface area contributed by atoms with E-state index in [1.165, 1.54) is 0 Å². The Morgan fingerprint density at radius 2 is 1.23 bits per heavy atom. The van der Waals surface area contributed by atoms with Crippen molar-refractivity contribution < 1.29 is 9.47 Å². The van der Waals surface area contributed by atoms with Crippen molar-refractivity contribution in [3.05, 3.63) is 13.8 Å². The molecule has 0 saturated carbocycles. The van der Waals surface area contributed by atoms with Gasteiger partial charge in [-0.25, -0.2) is 0 Å². The quantitative estimate of drug-likeness (QED) is 0.284. The predicted molar refractivity (Wildman–Crippen MR) is 44.0 cm³/mol. The fraction of sp³-hybridized carbons (Fsp3) is 0.778. The van der Waals surface area contributed by atoms with Gasteiger partial charge in [0.15, 0.2) is 0 Å². The predicted octanol–water partition coefficient (Wildman–Crippen LogP) is 1.47. The Morgan fingerprint density at radius 1 is 1.00 bits per heavy atom. The molecule has 2 aliphatic rings. The van der Waals surface area contributed by atoms with Crippen LogP contribution in [0.5, 0.6) is 0 Å². The summed E-state index contributed by atoms with van der Waals surface area (Å²) in [5, 5.41) is 0. The van der Waals surface area contributed by atoms with Gasteiger partial charge in [0.05, 0.1) is 0 Å². The molecule has 0 spiro atoms. The van der Waals surface area contributed by atoms with Crippen LogP contribution in [-0.2, 0) is 9.47 Å². The maximum atomic E-state index is 4.88. The minimum Gasteiger partial charge on any atom is -0.405 e. The molecule has 13 heavy (non-hydrogen) atoms. The van der Waals surface area contributed by atoms with E-state index in [0.717, 1.165) is 19.8 Å². The first-order chi connectivity index (χ1) is 4.91. The molecule has 2 heterocycles. The van der Waals surface area contributed by atoms with Gasteiger partial charge in [0.1, 0.15) is 0 Å². The Labute approximate surface area is 68.9 Å². The first-order valence-electron chi connectivity index (χ1n) is 3.84. The Kier molecular flexibility index (Phi) is 3.68. The molecule has 0 aromatic carbocycles. The number of ether oxygens (including phenoxy) is 2. The molecule has 0 bridgehead atoms. The zero-order chi connectivity index (χ0) is 8.54. The van der Waals surface area contributed by atoms with Gasteiger partial charge in [0.2, 0.25) is 0 Å². The topological polar surface area (TPSA) is 21.8 Å². The summed E-state index contributed by atoms with van der Waals surface area (Å²) in [5.41, 5.74) is 0.250. The van der Waals surface area contributed by atoms with Crippen molar-refractivity contribution in [1.29, 1.82) is 0 Å². The van der Waals surface area contributed by atoms with Gasteiger partial charge in [-0.05, 0) is 5.60 Å². The van der Waals surface area contributed by atoms with Crippen molar-refractivity contribution in [3.8, 4) is 0 Å². The second kappa shape index (κ2) is 3.55. The van der Waals surface area contributed by atoms with E-state index in [1.54, 1.807) is 0 Å². The van der Waals surface area contributed by atoms with Gasteiger partial charge in [-0.2, -0.15) is 0 Å². The van der Waals surface area contributed by atoms with Crippen LogP contribution in [0.15, 0.2) is 0 Å². The largest absolute Gasteiger partial charge is 0.405 e. The fourth-order valence-corrected chi connectivity index (χ4v) is 0.574. The van der Waals surface area contributed by atoms with Crippen molar-refractivity contribution in [2.75, 3.05) is 19.8 Å². The van der Waals surface area contributed by atoms with E-state index >= 15 is 0 Å². The van der Waals surface area contributed by atoms with Gasteiger partial charge in [0.25, 0.3) is 0 Å². The molecule has 2 aliphatic heterocycles. The minimum atomic E-state index is 0. The maximum Gasteiger partial charge on any atom is 0.0443 e. The molecule has 1 unspecified atom stereocenters. The van der Waals surface area contributed by atoms with Crippen LogP contribution in [0.4, 0.5) is 0 Å². The molecule has 0 aromatic rings. The smallest absolute Gasteiger partial charge is 0.0443 e. The van der Waals surface area contributed by atoms with Gasteiger partial charge in [-0.15, -0.1) is 5.41 Å². The summed E-state index contributed by atoms with van der Waals surface area (Å²) in [6.45, 7) is 14.1. The average Bonchev–Trinajstić information content (AvgIpc) is 2.44. The molecule has 2 nitrogen and oxygen atoms in total. The second-order valence-corrected chi connectivity index (χ2v) is 4.04. The molecular formula is C9H16O2Rf2-2. The Balaban J connectivity index is 0. The first kappa shape index (κ1) is 13.5. The Hall–Kier alpha value is -2.08. The molecule has 0 amide bonds. The fourth-order valence-electron chi connectivity index (χ4n) is 0.574. The van der Waals surface area contributed by atoms with Crippen molar-refractivity contribution in [2.45, 2.75) is 19.4 Å². The maximum absolute atomic E-state index is 4.88. The van der Waals surface area contributed by atoms with E-state index in [4.69, 9.17) is 9.47 Å². The Morgan fingerprint density at radius 3 is 1.23 bits per heavy atom. The molecule has 2 fully saturated rings. The summed E-state index contributed by atoms with van der Waals surface area (Å²) >= 11 is 0.